The first-order valence-corrected chi connectivity index (χ1v) is 15.9. The lowest BCUT2D eigenvalue weighted by Gasteiger charge is -2.39. The van der Waals surface area contributed by atoms with Crippen molar-refractivity contribution >= 4 is 35.3 Å². The second kappa shape index (κ2) is 10.2. The van der Waals surface area contributed by atoms with Crippen LogP contribution in [0.3, 0.4) is 0 Å². The van der Waals surface area contributed by atoms with Gasteiger partial charge in [-0.3, -0.25) is 28.8 Å². The number of fused-ring (bicyclic) bond motifs is 11. The highest BCUT2D eigenvalue weighted by molar-refractivity contribution is 6.33. The minimum atomic E-state index is -2.05. The summed E-state index contributed by atoms with van der Waals surface area (Å²) in [6.07, 6.45) is -4.88. The standard InChI is InChI=1S/C35H30O14/c1-10-20-13(5-14(46-10)7-18(37)45-4)6-16-23(29(20)40)28(39)15-9-35(16,49-12(3)36)27-22(15)31(42)24-25(33(27)44)32(43)26-21(30(24)41)11(2)47-17-8-19(38)48-34(17)26/h6,10-11,14-15,17,34,40-41,43H,5,7-9H2,1-4H3. The quantitative estimate of drug-likeness (QED) is 0.243. The maximum absolute atomic E-state index is 14.8. The average molecular weight is 675 g/mol. The number of aromatic hydroxyl groups is 3. The van der Waals surface area contributed by atoms with E-state index in [1.165, 1.54) is 13.2 Å². The van der Waals surface area contributed by atoms with Gasteiger partial charge in [0, 0.05) is 41.2 Å². The number of ether oxygens (including phenoxy) is 5. The number of hydrogen-bond donors (Lipinski definition) is 3. The Hall–Kier alpha value is -5.08. The minimum Gasteiger partial charge on any atom is -0.507 e. The molecule has 7 atom stereocenters. The SMILES string of the molecule is COC(=O)CC1Cc2cc3c(c(O)c2C(C)O1)C(=O)C1CC3(OC(C)=O)C2=C1C(=O)c1c(O)c3c(c(O)c1C2=O)C1OC(=O)CC1OC3C. The van der Waals surface area contributed by atoms with Gasteiger partial charge < -0.3 is 39.0 Å². The fourth-order valence-electron chi connectivity index (χ4n) is 8.86. The number of ketones is 3. The zero-order valence-corrected chi connectivity index (χ0v) is 26.7. The number of methoxy groups -OCH3 is 1. The van der Waals surface area contributed by atoms with E-state index in [0.29, 0.717) is 5.56 Å². The van der Waals surface area contributed by atoms with Crippen molar-refractivity contribution in [1.29, 1.82) is 0 Å². The number of esters is 3. The molecule has 2 aromatic rings. The van der Waals surface area contributed by atoms with Crippen LogP contribution in [-0.2, 0) is 50.1 Å². The molecule has 3 aliphatic heterocycles. The highest BCUT2D eigenvalue weighted by Crippen LogP contribution is 2.63. The number of benzene rings is 2. The lowest BCUT2D eigenvalue weighted by atomic mass is 9.71. The Labute approximate surface area is 277 Å². The molecule has 49 heavy (non-hydrogen) atoms. The van der Waals surface area contributed by atoms with Gasteiger partial charge in [0.2, 0.25) is 0 Å². The lowest BCUT2D eigenvalue weighted by molar-refractivity contribution is -0.155. The van der Waals surface area contributed by atoms with Crippen LogP contribution in [0.2, 0.25) is 0 Å². The number of carbonyl (C=O) groups is 6. The lowest BCUT2D eigenvalue weighted by Crippen LogP contribution is -2.41. The Kier molecular flexibility index (Phi) is 6.51. The van der Waals surface area contributed by atoms with Crippen LogP contribution in [0, 0.1) is 5.92 Å². The summed E-state index contributed by atoms with van der Waals surface area (Å²) < 4.78 is 28.0. The summed E-state index contributed by atoms with van der Waals surface area (Å²) in [6.45, 7) is 4.28. The molecule has 3 heterocycles. The first-order valence-electron chi connectivity index (χ1n) is 15.9. The Morgan fingerprint density at radius 1 is 0.898 bits per heavy atom. The van der Waals surface area contributed by atoms with Gasteiger partial charge in [0.15, 0.2) is 29.1 Å². The summed E-state index contributed by atoms with van der Waals surface area (Å²) in [5.41, 5.74) is -3.58. The first-order chi connectivity index (χ1) is 23.2. The van der Waals surface area contributed by atoms with Crippen molar-refractivity contribution in [3.8, 4) is 17.2 Å². The van der Waals surface area contributed by atoms with Crippen LogP contribution in [0.4, 0.5) is 0 Å². The van der Waals surface area contributed by atoms with Crippen LogP contribution in [0.25, 0.3) is 0 Å². The van der Waals surface area contributed by atoms with Crippen molar-refractivity contribution < 1.29 is 67.8 Å². The maximum atomic E-state index is 14.8. The van der Waals surface area contributed by atoms with Gasteiger partial charge in [-0.2, -0.15) is 0 Å². The Balaban J connectivity index is 1.35. The van der Waals surface area contributed by atoms with E-state index in [-0.39, 0.29) is 64.6 Å². The molecule has 0 aromatic heterocycles. The van der Waals surface area contributed by atoms with Crippen LogP contribution < -0.4 is 0 Å². The van der Waals surface area contributed by atoms with E-state index in [9.17, 15) is 44.1 Å². The average Bonchev–Trinajstić information content (AvgIpc) is 3.55. The number of phenols is 3. The molecule has 1 fully saturated rings. The first kappa shape index (κ1) is 31.2. The van der Waals surface area contributed by atoms with Gasteiger partial charge in [-0.1, -0.05) is 0 Å². The van der Waals surface area contributed by atoms with Crippen molar-refractivity contribution in [2.45, 2.75) is 82.6 Å². The molecular formula is C35H30O14. The van der Waals surface area contributed by atoms with E-state index < -0.39 is 106 Å². The molecule has 0 spiro atoms. The molecule has 3 aliphatic carbocycles. The molecule has 0 amide bonds. The van der Waals surface area contributed by atoms with Gasteiger partial charge in [0.05, 0.1) is 66.4 Å². The smallest absolute Gasteiger partial charge is 0.309 e. The third kappa shape index (κ3) is 3.95. The summed E-state index contributed by atoms with van der Waals surface area (Å²) in [5, 5.41) is 35.0. The Morgan fingerprint density at radius 2 is 1.55 bits per heavy atom. The van der Waals surface area contributed by atoms with Crippen LogP contribution in [-0.4, -0.2) is 69.9 Å². The van der Waals surface area contributed by atoms with Gasteiger partial charge in [-0.25, -0.2) is 0 Å². The Bertz CT molecular complexity index is 2040. The summed E-state index contributed by atoms with van der Waals surface area (Å²) in [5.74, 6) is -7.87. The molecule has 2 bridgehead atoms. The number of rotatable bonds is 3. The fourth-order valence-corrected chi connectivity index (χ4v) is 8.86. The van der Waals surface area contributed by atoms with Gasteiger partial charge in [0.1, 0.15) is 23.4 Å². The number of Topliss-reactive ketones (excluding diaryl/α,β-unsaturated/α-hetero) is 3. The van der Waals surface area contributed by atoms with Crippen molar-refractivity contribution in [1.82, 2.24) is 0 Å². The highest BCUT2D eigenvalue weighted by Gasteiger charge is 2.64. The van der Waals surface area contributed by atoms with Gasteiger partial charge in [-0.05, 0) is 31.9 Å². The molecule has 254 valence electrons. The molecule has 1 saturated heterocycles. The van der Waals surface area contributed by atoms with E-state index >= 15 is 0 Å². The number of phenolic OH excluding ortho intramolecular Hbond substituents is 3. The molecule has 0 radical (unpaired) electrons. The number of carbonyl (C=O) groups excluding carboxylic acids is 6. The summed E-state index contributed by atoms with van der Waals surface area (Å²) in [4.78, 5) is 80.7. The Morgan fingerprint density at radius 3 is 2.24 bits per heavy atom. The number of hydrogen-bond acceptors (Lipinski definition) is 14. The van der Waals surface area contributed by atoms with Crippen LogP contribution in [0.5, 0.6) is 17.2 Å². The largest absolute Gasteiger partial charge is 0.507 e. The zero-order chi connectivity index (χ0) is 35.0. The molecule has 3 N–H and O–H groups in total. The van der Waals surface area contributed by atoms with E-state index in [1.54, 1.807) is 13.8 Å². The molecule has 2 aromatic carbocycles. The summed E-state index contributed by atoms with van der Waals surface area (Å²) in [7, 11) is 1.24. The van der Waals surface area contributed by atoms with Gasteiger partial charge in [0.25, 0.3) is 0 Å². The maximum Gasteiger partial charge on any atom is 0.309 e. The van der Waals surface area contributed by atoms with E-state index in [0.717, 1.165) is 6.92 Å². The predicted octanol–water partition coefficient (Wildman–Crippen LogP) is 3.17. The molecule has 7 unspecified atom stereocenters. The number of allylic oxidation sites excluding steroid dienone is 1. The highest BCUT2D eigenvalue weighted by atomic mass is 16.6. The third-order valence-electron chi connectivity index (χ3n) is 10.6. The fraction of sp³-hybridized carbons (Fsp3) is 0.429. The van der Waals surface area contributed by atoms with Crippen molar-refractivity contribution in [3.05, 3.63) is 61.7 Å². The topological polar surface area (TPSA) is 209 Å². The third-order valence-corrected chi connectivity index (χ3v) is 10.6. The molecule has 14 heteroatoms. The van der Waals surface area contributed by atoms with Crippen LogP contribution in [0.15, 0.2) is 17.2 Å². The van der Waals surface area contributed by atoms with Gasteiger partial charge >= 0.3 is 17.9 Å². The molecule has 0 saturated carbocycles. The predicted molar refractivity (Wildman–Crippen MR) is 160 cm³/mol. The molecule has 6 aliphatic rings. The second-order valence-electron chi connectivity index (χ2n) is 13.3. The van der Waals surface area contributed by atoms with E-state index in [4.69, 9.17) is 23.7 Å². The molecule has 14 nitrogen and oxygen atoms in total. The van der Waals surface area contributed by atoms with Crippen LogP contribution >= 0.6 is 0 Å². The van der Waals surface area contributed by atoms with Crippen molar-refractivity contribution in [2.75, 3.05) is 7.11 Å². The summed E-state index contributed by atoms with van der Waals surface area (Å²) >= 11 is 0. The van der Waals surface area contributed by atoms with E-state index in [2.05, 4.69) is 0 Å². The zero-order valence-electron chi connectivity index (χ0n) is 26.7. The van der Waals surface area contributed by atoms with Gasteiger partial charge in [-0.15, -0.1) is 0 Å². The monoisotopic (exact) mass is 674 g/mol. The summed E-state index contributed by atoms with van der Waals surface area (Å²) in [6, 6.07) is 1.53. The minimum absolute atomic E-state index is 0.0331. The second-order valence-corrected chi connectivity index (χ2v) is 13.3. The van der Waals surface area contributed by atoms with Crippen molar-refractivity contribution in [2.24, 2.45) is 5.92 Å². The molecular weight excluding hydrogens is 644 g/mol. The normalized spacial score (nSPS) is 30.4. The van der Waals surface area contributed by atoms with Crippen LogP contribution in [0.1, 0.15) is 117 Å². The van der Waals surface area contributed by atoms with E-state index in [1.807, 2.05) is 0 Å². The van der Waals surface area contributed by atoms with Crippen molar-refractivity contribution in [3.63, 3.8) is 0 Å². The molecule has 8 rings (SSSR count).